The first-order chi connectivity index (χ1) is 8.84. The van der Waals surface area contributed by atoms with Crippen LogP contribution in [0.25, 0.3) is 16.9 Å². The Balaban J connectivity index is 2.10. The number of hydrogen-bond donors (Lipinski definition) is 0. The van der Waals surface area contributed by atoms with Crippen LogP contribution in [0.2, 0.25) is 0 Å². The lowest BCUT2D eigenvalue weighted by Gasteiger charge is -2.07. The van der Waals surface area contributed by atoms with E-state index in [0.717, 1.165) is 16.9 Å². The maximum Gasteiger partial charge on any atom is 0.123 e. The van der Waals surface area contributed by atoms with Crippen molar-refractivity contribution in [1.82, 2.24) is 9.55 Å². The Hall–Kier alpha value is -2.42. The van der Waals surface area contributed by atoms with Crippen molar-refractivity contribution in [2.24, 2.45) is 0 Å². The van der Waals surface area contributed by atoms with Gasteiger partial charge in [0.2, 0.25) is 0 Å². The highest BCUT2D eigenvalue weighted by Gasteiger charge is 2.06. The molecule has 3 aromatic rings. The zero-order valence-corrected chi connectivity index (χ0v) is 9.62. The fraction of sp³-hybridized carbons (Fsp3) is 0. The third kappa shape index (κ3) is 1.91. The molecule has 0 radical (unpaired) electrons. The predicted molar refractivity (Wildman–Crippen MR) is 69.0 cm³/mol. The Morgan fingerprint density at radius 1 is 0.889 bits per heavy atom. The third-order valence-electron chi connectivity index (χ3n) is 2.81. The lowest BCUT2D eigenvalue weighted by molar-refractivity contribution is 0.628. The van der Waals surface area contributed by atoms with E-state index >= 15 is 0 Å². The highest BCUT2D eigenvalue weighted by molar-refractivity contribution is 5.61. The van der Waals surface area contributed by atoms with Gasteiger partial charge in [0, 0.05) is 11.3 Å². The van der Waals surface area contributed by atoms with Crippen molar-refractivity contribution in [2.45, 2.75) is 0 Å². The molecule has 0 aliphatic rings. The van der Waals surface area contributed by atoms with E-state index in [0.29, 0.717) is 0 Å². The van der Waals surface area contributed by atoms with E-state index in [2.05, 4.69) is 4.98 Å². The van der Waals surface area contributed by atoms with Crippen LogP contribution < -0.4 is 0 Å². The molecule has 2 aromatic carbocycles. The van der Waals surface area contributed by atoms with Gasteiger partial charge in [-0.15, -0.1) is 0 Å². The van der Waals surface area contributed by atoms with Crippen LogP contribution in [0.4, 0.5) is 4.39 Å². The first-order valence-electron chi connectivity index (χ1n) is 5.68. The minimum Gasteiger partial charge on any atom is -0.299 e. The van der Waals surface area contributed by atoms with Gasteiger partial charge in [-0.1, -0.05) is 18.2 Å². The summed E-state index contributed by atoms with van der Waals surface area (Å²) in [5.74, 6) is -0.232. The van der Waals surface area contributed by atoms with Crippen LogP contribution >= 0.6 is 0 Å². The molecule has 0 spiro atoms. The number of para-hydroxylation sites is 1. The number of rotatable bonds is 2. The molecule has 2 nitrogen and oxygen atoms in total. The summed E-state index contributed by atoms with van der Waals surface area (Å²) in [6, 6.07) is 16.4. The average molecular weight is 238 g/mol. The molecule has 0 saturated heterocycles. The zero-order valence-electron chi connectivity index (χ0n) is 9.62. The van der Waals surface area contributed by atoms with Crippen LogP contribution in [0.1, 0.15) is 0 Å². The summed E-state index contributed by atoms with van der Waals surface area (Å²) >= 11 is 0. The number of aromatic nitrogens is 2. The molecule has 0 fully saturated rings. The Labute approximate surface area is 104 Å². The summed E-state index contributed by atoms with van der Waals surface area (Å²) in [6.45, 7) is 0. The Morgan fingerprint density at radius 3 is 2.33 bits per heavy atom. The summed E-state index contributed by atoms with van der Waals surface area (Å²) in [4.78, 5) is 4.17. The van der Waals surface area contributed by atoms with Gasteiger partial charge in [0.05, 0.1) is 18.2 Å². The number of benzene rings is 2. The molecule has 3 heteroatoms. The van der Waals surface area contributed by atoms with Crippen molar-refractivity contribution >= 4 is 0 Å². The summed E-state index contributed by atoms with van der Waals surface area (Å²) in [7, 11) is 0. The molecule has 0 amide bonds. The zero-order chi connectivity index (χ0) is 12.4. The van der Waals surface area contributed by atoms with Crippen LogP contribution in [-0.4, -0.2) is 9.55 Å². The van der Waals surface area contributed by atoms with E-state index in [1.165, 1.54) is 12.1 Å². The van der Waals surface area contributed by atoms with Crippen molar-refractivity contribution < 1.29 is 4.39 Å². The summed E-state index contributed by atoms with van der Waals surface area (Å²) in [5, 5.41) is 0. The standard InChI is InChI=1S/C15H11FN2/c16-13-8-6-12(7-9-13)15-10-17-11-18(15)14-4-2-1-3-5-14/h1-11H. The molecular formula is C15H11FN2. The predicted octanol–water partition coefficient (Wildman–Crippen LogP) is 3.68. The molecule has 18 heavy (non-hydrogen) atoms. The molecule has 0 N–H and O–H groups in total. The van der Waals surface area contributed by atoms with Crippen LogP contribution in [0.15, 0.2) is 67.1 Å². The normalized spacial score (nSPS) is 10.5. The van der Waals surface area contributed by atoms with Gasteiger partial charge < -0.3 is 0 Å². The highest BCUT2D eigenvalue weighted by atomic mass is 19.1. The fourth-order valence-electron chi connectivity index (χ4n) is 1.92. The maximum atomic E-state index is 12.9. The van der Waals surface area contributed by atoms with E-state index in [-0.39, 0.29) is 5.82 Å². The lowest BCUT2D eigenvalue weighted by Crippen LogP contribution is -1.94. The topological polar surface area (TPSA) is 17.8 Å². The van der Waals surface area contributed by atoms with Gasteiger partial charge in [0.1, 0.15) is 5.82 Å². The monoisotopic (exact) mass is 238 g/mol. The molecule has 1 heterocycles. The van der Waals surface area contributed by atoms with Gasteiger partial charge in [-0.05, 0) is 36.4 Å². The van der Waals surface area contributed by atoms with Crippen LogP contribution in [-0.2, 0) is 0 Å². The number of halogens is 1. The maximum absolute atomic E-state index is 12.9. The molecule has 0 unspecified atom stereocenters. The molecule has 0 saturated carbocycles. The van der Waals surface area contributed by atoms with Crippen molar-refractivity contribution in [3.05, 3.63) is 72.9 Å². The van der Waals surface area contributed by atoms with Crippen molar-refractivity contribution in [3.63, 3.8) is 0 Å². The second kappa shape index (κ2) is 4.45. The number of hydrogen-bond acceptors (Lipinski definition) is 1. The summed E-state index contributed by atoms with van der Waals surface area (Å²) in [6.07, 6.45) is 3.54. The lowest BCUT2D eigenvalue weighted by atomic mass is 10.1. The SMILES string of the molecule is Fc1ccc(-c2cncn2-c2ccccc2)cc1. The van der Waals surface area contributed by atoms with Gasteiger partial charge in [-0.25, -0.2) is 9.37 Å². The van der Waals surface area contributed by atoms with E-state index in [9.17, 15) is 4.39 Å². The minimum atomic E-state index is -0.232. The van der Waals surface area contributed by atoms with Crippen molar-refractivity contribution in [3.8, 4) is 16.9 Å². The average Bonchev–Trinajstić information content (AvgIpc) is 2.90. The largest absolute Gasteiger partial charge is 0.299 e. The Morgan fingerprint density at radius 2 is 1.61 bits per heavy atom. The first-order valence-corrected chi connectivity index (χ1v) is 5.68. The van der Waals surface area contributed by atoms with Gasteiger partial charge in [0.15, 0.2) is 0 Å². The number of imidazole rings is 1. The molecule has 0 bridgehead atoms. The second-order valence-corrected chi connectivity index (χ2v) is 3.99. The third-order valence-corrected chi connectivity index (χ3v) is 2.81. The van der Waals surface area contributed by atoms with Gasteiger partial charge in [0.25, 0.3) is 0 Å². The van der Waals surface area contributed by atoms with Gasteiger partial charge in [-0.2, -0.15) is 0 Å². The van der Waals surface area contributed by atoms with Crippen LogP contribution in [0.3, 0.4) is 0 Å². The van der Waals surface area contributed by atoms with Crippen molar-refractivity contribution in [1.29, 1.82) is 0 Å². The molecule has 88 valence electrons. The van der Waals surface area contributed by atoms with Gasteiger partial charge in [-0.3, -0.25) is 4.57 Å². The molecular weight excluding hydrogens is 227 g/mol. The molecule has 0 aliphatic carbocycles. The summed E-state index contributed by atoms with van der Waals surface area (Å²) in [5.41, 5.74) is 2.92. The molecule has 0 atom stereocenters. The smallest absolute Gasteiger partial charge is 0.123 e. The van der Waals surface area contributed by atoms with Gasteiger partial charge >= 0.3 is 0 Å². The minimum absolute atomic E-state index is 0.232. The van der Waals surface area contributed by atoms with Crippen LogP contribution in [0.5, 0.6) is 0 Å². The Bertz CT molecular complexity index is 642. The van der Waals surface area contributed by atoms with Crippen molar-refractivity contribution in [2.75, 3.05) is 0 Å². The highest BCUT2D eigenvalue weighted by Crippen LogP contribution is 2.22. The first kappa shape index (κ1) is 10.7. The van der Waals surface area contributed by atoms with Crippen LogP contribution in [0, 0.1) is 5.82 Å². The second-order valence-electron chi connectivity index (χ2n) is 3.99. The summed E-state index contributed by atoms with van der Waals surface area (Å²) < 4.78 is 14.9. The van der Waals surface area contributed by atoms with E-state index in [1.54, 1.807) is 24.7 Å². The Kier molecular flexibility index (Phi) is 2.65. The number of nitrogens with zero attached hydrogens (tertiary/aromatic N) is 2. The van der Waals surface area contributed by atoms with E-state index in [4.69, 9.17) is 0 Å². The fourth-order valence-corrected chi connectivity index (χ4v) is 1.92. The van der Waals surface area contributed by atoms with E-state index in [1.807, 2.05) is 34.9 Å². The quantitative estimate of drug-likeness (QED) is 0.666. The van der Waals surface area contributed by atoms with E-state index < -0.39 is 0 Å². The molecule has 1 aromatic heterocycles. The molecule has 0 aliphatic heterocycles. The molecule has 3 rings (SSSR count).